The Kier molecular flexibility index (Phi) is 4.23. The minimum Gasteiger partial charge on any atom is -0.259 e. The maximum absolute atomic E-state index is 10.8. The third-order valence-corrected chi connectivity index (χ3v) is 2.50. The Hall–Kier alpha value is -1.64. The van der Waals surface area contributed by atoms with Gasteiger partial charge in [-0.3, -0.25) is 10.1 Å². The Bertz CT molecular complexity index is 391. The predicted octanol–water partition coefficient (Wildman–Crippen LogP) is 3.52. The van der Waals surface area contributed by atoms with Crippen LogP contribution in [-0.4, -0.2) is 4.92 Å². The first-order valence-electron chi connectivity index (χ1n) is 5.49. The molecule has 0 amide bonds. The van der Waals surface area contributed by atoms with Gasteiger partial charge in [0.15, 0.2) is 0 Å². The molecule has 0 aromatic heterocycles. The van der Waals surface area contributed by atoms with Crippen LogP contribution in [0.1, 0.15) is 31.9 Å². The highest BCUT2D eigenvalue weighted by atomic mass is 16.6. The largest absolute Gasteiger partial charge is 0.259 e. The lowest BCUT2D eigenvalue weighted by atomic mass is 10.1. The van der Waals surface area contributed by atoms with Gasteiger partial charge in [0.1, 0.15) is 0 Å². The van der Waals surface area contributed by atoms with Gasteiger partial charge in [0, 0.05) is 12.0 Å². The zero-order chi connectivity index (χ0) is 12.1. The second-order valence-corrected chi connectivity index (χ2v) is 4.08. The molecule has 0 saturated carbocycles. The van der Waals surface area contributed by atoms with Crippen molar-refractivity contribution in [2.24, 2.45) is 5.92 Å². The third kappa shape index (κ3) is 3.19. The number of benzene rings is 1. The average Bonchev–Trinajstić information content (AvgIpc) is 2.25. The number of hydrogen-bond acceptors (Lipinski definition) is 2. The molecule has 0 bridgehead atoms. The van der Waals surface area contributed by atoms with E-state index in [1.165, 1.54) is 5.56 Å². The minimum absolute atomic E-state index is 0.0687. The average molecular weight is 219 g/mol. The van der Waals surface area contributed by atoms with Gasteiger partial charge >= 0.3 is 0 Å². The fraction of sp³-hybridized carbons (Fsp3) is 0.385. The van der Waals surface area contributed by atoms with Crippen molar-refractivity contribution in [3.8, 4) is 0 Å². The summed E-state index contributed by atoms with van der Waals surface area (Å²) >= 11 is 0. The highest BCUT2D eigenvalue weighted by Crippen LogP contribution is 2.15. The molecule has 0 aliphatic carbocycles. The van der Waals surface area contributed by atoms with E-state index in [0.717, 1.165) is 12.0 Å². The number of nitrogens with zero attached hydrogens (tertiary/aromatic N) is 1. The minimum atomic E-state index is -0.307. The van der Waals surface area contributed by atoms with Gasteiger partial charge < -0.3 is 0 Å². The van der Waals surface area contributed by atoms with Crippen molar-refractivity contribution < 1.29 is 4.92 Å². The van der Waals surface area contributed by atoms with Gasteiger partial charge in [-0.1, -0.05) is 45.0 Å². The summed E-state index contributed by atoms with van der Waals surface area (Å²) in [6, 6.07) is 7.85. The molecule has 3 nitrogen and oxygen atoms in total. The van der Waals surface area contributed by atoms with E-state index in [0.29, 0.717) is 0 Å². The Labute approximate surface area is 95.9 Å². The summed E-state index contributed by atoms with van der Waals surface area (Å²) in [5.74, 6) is -0.0687. The monoisotopic (exact) mass is 219 g/mol. The van der Waals surface area contributed by atoms with Crippen molar-refractivity contribution >= 4 is 6.08 Å². The lowest BCUT2D eigenvalue weighted by Gasteiger charge is -2.02. The number of hydrogen-bond donors (Lipinski definition) is 0. The zero-order valence-corrected chi connectivity index (χ0v) is 9.93. The van der Waals surface area contributed by atoms with Crippen LogP contribution in [0.25, 0.3) is 6.08 Å². The SMILES string of the molecule is CCc1ccc(/C=C(/C(C)C)[N+](=O)[O-])cc1. The maximum atomic E-state index is 10.8. The molecule has 3 heteroatoms. The Morgan fingerprint density at radius 3 is 2.31 bits per heavy atom. The molecule has 0 aliphatic heterocycles. The molecule has 0 fully saturated rings. The van der Waals surface area contributed by atoms with Crippen molar-refractivity contribution in [1.29, 1.82) is 0 Å². The van der Waals surface area contributed by atoms with Crippen LogP contribution in [0.15, 0.2) is 30.0 Å². The smallest absolute Gasteiger partial charge is 0.249 e. The number of rotatable bonds is 4. The fourth-order valence-electron chi connectivity index (χ4n) is 1.45. The molecule has 86 valence electrons. The first-order valence-corrected chi connectivity index (χ1v) is 5.49. The summed E-state index contributed by atoms with van der Waals surface area (Å²) < 4.78 is 0. The van der Waals surface area contributed by atoms with Crippen LogP contribution in [0.3, 0.4) is 0 Å². The molecule has 0 spiro atoms. The predicted molar refractivity (Wildman–Crippen MR) is 65.6 cm³/mol. The molecule has 1 rings (SSSR count). The molecule has 0 aliphatic rings. The zero-order valence-electron chi connectivity index (χ0n) is 9.93. The third-order valence-electron chi connectivity index (χ3n) is 2.50. The number of aryl methyl sites for hydroxylation is 1. The summed E-state index contributed by atoms with van der Waals surface area (Å²) in [5.41, 5.74) is 2.38. The Morgan fingerprint density at radius 2 is 1.94 bits per heavy atom. The Morgan fingerprint density at radius 1 is 1.38 bits per heavy atom. The summed E-state index contributed by atoms with van der Waals surface area (Å²) in [4.78, 5) is 10.5. The number of nitro groups is 1. The van der Waals surface area contributed by atoms with E-state index in [1.54, 1.807) is 6.08 Å². The van der Waals surface area contributed by atoms with Crippen LogP contribution in [0.2, 0.25) is 0 Å². The van der Waals surface area contributed by atoms with Gasteiger partial charge in [0.2, 0.25) is 5.70 Å². The van der Waals surface area contributed by atoms with Gasteiger partial charge in [-0.05, 0) is 17.5 Å². The van der Waals surface area contributed by atoms with Crippen molar-refractivity contribution in [3.63, 3.8) is 0 Å². The highest BCUT2D eigenvalue weighted by molar-refractivity contribution is 5.51. The summed E-state index contributed by atoms with van der Waals surface area (Å²) in [6.45, 7) is 5.74. The molecule has 0 unspecified atom stereocenters. The van der Waals surface area contributed by atoms with Gasteiger partial charge in [-0.15, -0.1) is 0 Å². The van der Waals surface area contributed by atoms with E-state index in [4.69, 9.17) is 0 Å². The van der Waals surface area contributed by atoms with E-state index in [-0.39, 0.29) is 16.5 Å². The maximum Gasteiger partial charge on any atom is 0.249 e. The Balaban J connectivity index is 2.99. The topological polar surface area (TPSA) is 43.1 Å². The molecule has 0 N–H and O–H groups in total. The molecule has 1 aromatic carbocycles. The van der Waals surface area contributed by atoms with Gasteiger partial charge in [0.25, 0.3) is 0 Å². The van der Waals surface area contributed by atoms with Crippen LogP contribution in [0.4, 0.5) is 0 Å². The molecule has 0 radical (unpaired) electrons. The lowest BCUT2D eigenvalue weighted by molar-refractivity contribution is -0.431. The molecule has 1 aromatic rings. The van der Waals surface area contributed by atoms with Crippen molar-refractivity contribution in [2.45, 2.75) is 27.2 Å². The van der Waals surface area contributed by atoms with Crippen LogP contribution < -0.4 is 0 Å². The van der Waals surface area contributed by atoms with Crippen molar-refractivity contribution in [1.82, 2.24) is 0 Å². The lowest BCUT2D eigenvalue weighted by Crippen LogP contribution is -2.05. The molecule has 0 atom stereocenters. The van der Waals surface area contributed by atoms with Crippen LogP contribution in [0.5, 0.6) is 0 Å². The number of allylic oxidation sites excluding steroid dienone is 1. The van der Waals surface area contributed by atoms with Gasteiger partial charge in [0.05, 0.1) is 4.92 Å². The quantitative estimate of drug-likeness (QED) is 0.574. The van der Waals surface area contributed by atoms with Crippen LogP contribution in [-0.2, 0) is 6.42 Å². The van der Waals surface area contributed by atoms with Crippen molar-refractivity contribution in [3.05, 3.63) is 51.2 Å². The summed E-state index contributed by atoms with van der Waals surface area (Å²) in [5, 5.41) is 10.8. The van der Waals surface area contributed by atoms with Crippen molar-refractivity contribution in [2.75, 3.05) is 0 Å². The molecular formula is C13H17NO2. The fourth-order valence-corrected chi connectivity index (χ4v) is 1.45. The van der Waals surface area contributed by atoms with Crippen LogP contribution >= 0.6 is 0 Å². The second-order valence-electron chi connectivity index (χ2n) is 4.08. The normalized spacial score (nSPS) is 11.9. The molecular weight excluding hydrogens is 202 g/mol. The summed E-state index contributed by atoms with van der Waals surface area (Å²) in [7, 11) is 0. The van der Waals surface area contributed by atoms with E-state index in [2.05, 4.69) is 6.92 Å². The van der Waals surface area contributed by atoms with Gasteiger partial charge in [-0.25, -0.2) is 0 Å². The highest BCUT2D eigenvalue weighted by Gasteiger charge is 2.15. The van der Waals surface area contributed by atoms with E-state index in [1.807, 2.05) is 38.1 Å². The van der Waals surface area contributed by atoms with E-state index < -0.39 is 0 Å². The van der Waals surface area contributed by atoms with E-state index in [9.17, 15) is 10.1 Å². The summed E-state index contributed by atoms with van der Waals surface area (Å²) in [6.07, 6.45) is 2.63. The first kappa shape index (κ1) is 12.4. The van der Waals surface area contributed by atoms with Crippen LogP contribution in [0, 0.1) is 16.0 Å². The standard InChI is InChI=1S/C13H17NO2/c1-4-11-5-7-12(8-6-11)9-13(10(2)3)14(15)16/h5-10H,4H2,1-3H3/b13-9-. The first-order chi connectivity index (χ1) is 7.54. The molecule has 16 heavy (non-hydrogen) atoms. The van der Waals surface area contributed by atoms with Gasteiger partial charge in [-0.2, -0.15) is 0 Å². The molecule has 0 saturated heterocycles. The molecule has 0 heterocycles. The second kappa shape index (κ2) is 5.45. The van der Waals surface area contributed by atoms with E-state index >= 15 is 0 Å².